The average Bonchev–Trinajstić information content (AvgIpc) is 2.91. The molecular formula is C10H14IN5O5. The lowest BCUT2D eigenvalue weighted by molar-refractivity contribution is -0.0576. The summed E-state index contributed by atoms with van der Waals surface area (Å²) in [7, 11) is 0. The zero-order valence-electron chi connectivity index (χ0n) is 10.9. The van der Waals surface area contributed by atoms with E-state index in [0.717, 1.165) is 0 Å². The van der Waals surface area contributed by atoms with Gasteiger partial charge in [-0.25, -0.2) is 0 Å². The third-order valence-corrected chi connectivity index (χ3v) is 5.57. The Bertz CT molecular complexity index is 662. The number of H-pyrrole nitrogens is 1. The second kappa shape index (κ2) is 4.95. The van der Waals surface area contributed by atoms with Crippen LogP contribution in [-0.2, 0) is 4.74 Å². The Balaban J connectivity index is 2.02. The molecule has 11 heteroatoms. The Morgan fingerprint density at radius 2 is 2.33 bits per heavy atom. The molecule has 0 aromatic carbocycles. The molecular weight excluding hydrogens is 397 g/mol. The number of nitrogen functional groups attached to an aromatic ring is 1. The van der Waals surface area contributed by atoms with E-state index in [9.17, 15) is 20.1 Å². The summed E-state index contributed by atoms with van der Waals surface area (Å²) in [6.45, 7) is 0.963. The number of halogens is 1. The van der Waals surface area contributed by atoms with Gasteiger partial charge in [0.15, 0.2) is 17.7 Å². The van der Waals surface area contributed by atoms with Crippen molar-refractivity contribution in [1.82, 2.24) is 9.97 Å². The maximum absolute atomic E-state index is 11.8. The summed E-state index contributed by atoms with van der Waals surface area (Å²) in [5, 5.41) is 29.7. The van der Waals surface area contributed by atoms with Crippen molar-refractivity contribution >= 4 is 38.8 Å². The topological polar surface area (TPSA) is 157 Å². The molecule has 0 saturated carbocycles. The van der Waals surface area contributed by atoms with Crippen LogP contribution in [0.25, 0.3) is 0 Å². The number of hydrogen-bond donors (Lipinski definition) is 5. The number of hydrogen-bond acceptors (Lipinski definition) is 9. The first-order valence-corrected chi connectivity index (χ1v) is 8.00. The molecule has 21 heavy (non-hydrogen) atoms. The summed E-state index contributed by atoms with van der Waals surface area (Å²) in [6, 6.07) is 0. The molecule has 116 valence electrons. The van der Waals surface area contributed by atoms with Crippen molar-refractivity contribution in [2.24, 2.45) is 3.15 Å². The van der Waals surface area contributed by atoms with Crippen LogP contribution in [0.4, 0.5) is 17.5 Å². The summed E-state index contributed by atoms with van der Waals surface area (Å²) >= 11 is -1.06. The number of aliphatic hydroxyl groups excluding tert-OH is 2. The third kappa shape index (κ3) is 2.15. The Labute approximate surface area is 129 Å². The van der Waals surface area contributed by atoms with Crippen LogP contribution in [-0.4, -0.2) is 55.9 Å². The van der Waals surface area contributed by atoms with E-state index in [2.05, 4.69) is 13.1 Å². The molecule has 4 atom stereocenters. The fourth-order valence-electron chi connectivity index (χ4n) is 2.29. The van der Waals surface area contributed by atoms with Crippen molar-refractivity contribution in [1.29, 1.82) is 0 Å². The van der Waals surface area contributed by atoms with Gasteiger partial charge in [0, 0.05) is 0 Å². The summed E-state index contributed by atoms with van der Waals surface area (Å²) in [5.74, 6) is 0.155. The van der Waals surface area contributed by atoms with Crippen LogP contribution in [0.1, 0.15) is 6.92 Å². The lowest BCUT2D eigenvalue weighted by Crippen LogP contribution is -2.50. The van der Waals surface area contributed by atoms with E-state index in [0.29, 0.717) is 0 Å². The van der Waals surface area contributed by atoms with Crippen molar-refractivity contribution in [3.63, 3.8) is 0 Å². The van der Waals surface area contributed by atoms with Gasteiger partial charge in [-0.05, 0) is 6.92 Å². The number of nitrogens with one attached hydrogen (secondary N) is 1. The Morgan fingerprint density at radius 3 is 2.95 bits per heavy atom. The summed E-state index contributed by atoms with van der Waals surface area (Å²) < 4.78 is 11.2. The van der Waals surface area contributed by atoms with Crippen LogP contribution in [0.15, 0.2) is 7.94 Å². The summed E-state index contributed by atoms with van der Waals surface area (Å²) in [5.41, 5.74) is 3.57. The number of aliphatic hydroxyl groups is 3. The molecule has 0 amide bonds. The first kappa shape index (κ1) is 14.8. The van der Waals surface area contributed by atoms with E-state index in [1.54, 1.807) is 3.11 Å². The van der Waals surface area contributed by atoms with Gasteiger partial charge in [0.05, 0.1) is 6.61 Å². The van der Waals surface area contributed by atoms with E-state index >= 15 is 0 Å². The fourth-order valence-corrected chi connectivity index (χ4v) is 4.63. The van der Waals surface area contributed by atoms with Gasteiger partial charge in [0.1, 0.15) is 39.1 Å². The summed E-state index contributed by atoms with van der Waals surface area (Å²) in [4.78, 5) is 18.1. The van der Waals surface area contributed by atoms with Crippen molar-refractivity contribution in [3.8, 4) is 0 Å². The van der Waals surface area contributed by atoms with Gasteiger partial charge in [-0.15, -0.1) is 0 Å². The van der Waals surface area contributed by atoms with Gasteiger partial charge in [-0.2, -0.15) is 8.13 Å². The molecule has 2 aliphatic heterocycles. The first-order chi connectivity index (χ1) is 9.86. The largest absolute Gasteiger partial charge is 0.394 e. The van der Waals surface area contributed by atoms with Crippen LogP contribution in [0.2, 0.25) is 0 Å². The number of anilines is 2. The highest BCUT2D eigenvalue weighted by Crippen LogP contribution is 2.45. The smallest absolute Gasteiger partial charge is 0.280 e. The van der Waals surface area contributed by atoms with Gasteiger partial charge in [-0.3, -0.25) is 12.9 Å². The minimum absolute atomic E-state index is 0.0678. The fraction of sp³-hybridized carbons (Fsp3) is 0.600. The molecule has 0 radical (unpaired) electrons. The van der Waals surface area contributed by atoms with Gasteiger partial charge in [-0.1, -0.05) is 0 Å². The van der Waals surface area contributed by atoms with E-state index in [-0.39, 0.29) is 17.5 Å². The molecule has 2 unspecified atom stereocenters. The lowest BCUT2D eigenvalue weighted by Gasteiger charge is -2.31. The van der Waals surface area contributed by atoms with Crippen molar-refractivity contribution in [2.45, 2.75) is 31.0 Å². The average molecular weight is 411 g/mol. The highest BCUT2D eigenvalue weighted by molar-refractivity contribution is 14.2. The second-order valence-electron chi connectivity index (χ2n) is 4.97. The maximum atomic E-state index is 11.8. The molecule has 2 aliphatic rings. The lowest BCUT2D eigenvalue weighted by atomic mass is 9.97. The van der Waals surface area contributed by atoms with Crippen LogP contribution >= 0.6 is 21.3 Å². The predicted octanol–water partition coefficient (Wildman–Crippen LogP) is -1.30. The normalized spacial score (nSPS) is 34.9. The number of fused-ring (bicyclic) bond motifs is 1. The van der Waals surface area contributed by atoms with Crippen molar-refractivity contribution in [3.05, 3.63) is 10.4 Å². The minimum Gasteiger partial charge on any atom is -0.394 e. The van der Waals surface area contributed by atoms with E-state index in [1.165, 1.54) is 6.92 Å². The number of ether oxygens (including phenoxy) is 1. The molecule has 0 bridgehead atoms. The van der Waals surface area contributed by atoms with Crippen LogP contribution in [0.5, 0.6) is 0 Å². The van der Waals surface area contributed by atoms with Crippen molar-refractivity contribution < 1.29 is 20.1 Å². The van der Waals surface area contributed by atoms with Crippen LogP contribution < -0.4 is 14.4 Å². The molecule has 1 aromatic heterocycles. The Hall–Kier alpha value is -1.15. The van der Waals surface area contributed by atoms with Gasteiger partial charge < -0.3 is 25.8 Å². The summed E-state index contributed by atoms with van der Waals surface area (Å²) in [6.07, 6.45) is -3.14. The molecule has 10 nitrogen and oxygen atoms in total. The Morgan fingerprint density at radius 1 is 1.62 bits per heavy atom. The maximum Gasteiger partial charge on any atom is 0.280 e. The highest BCUT2D eigenvalue weighted by atomic mass is 127. The molecule has 0 aliphatic carbocycles. The van der Waals surface area contributed by atoms with Crippen LogP contribution in [0.3, 0.4) is 0 Å². The zero-order chi connectivity index (χ0) is 15.4. The number of nitrogens with two attached hydrogens (primary N) is 1. The standard InChI is InChI=1S/C10H14IN5O5/c1-10(20)5(18)3(2-17)21-8(10)16-6-4(15-11-16)7(19)14-9(12)13-6/h3,5,8,17-18,20H,2H2,1H3,(H3,12,13,14,19)/t3-,5?,8-,10?/m1/s1. The van der Waals surface area contributed by atoms with Gasteiger partial charge >= 0.3 is 0 Å². The zero-order valence-corrected chi connectivity index (χ0v) is 13.1. The molecule has 1 saturated heterocycles. The van der Waals surface area contributed by atoms with Gasteiger partial charge in [0.25, 0.3) is 5.56 Å². The monoisotopic (exact) mass is 411 g/mol. The SMILES string of the molecule is CC1(O)C(O)[C@@H](CO)O[C@H]1N1I=Nc2c1nc(N)[nH]c2=O. The van der Waals surface area contributed by atoms with E-state index in [4.69, 9.17) is 10.5 Å². The molecule has 1 aromatic rings. The van der Waals surface area contributed by atoms with Gasteiger partial charge in [0.2, 0.25) is 5.95 Å². The van der Waals surface area contributed by atoms with Crippen LogP contribution in [0, 0.1) is 0 Å². The predicted molar refractivity (Wildman–Crippen MR) is 80.2 cm³/mol. The van der Waals surface area contributed by atoms with E-state index < -0.39 is 57.5 Å². The molecule has 1 fully saturated rings. The first-order valence-electron chi connectivity index (χ1n) is 6.07. The molecule has 3 heterocycles. The van der Waals surface area contributed by atoms with E-state index in [1.807, 2.05) is 0 Å². The third-order valence-electron chi connectivity index (χ3n) is 3.44. The minimum atomic E-state index is -1.64. The number of nitrogens with zero attached hydrogens (tertiary/aromatic N) is 3. The number of rotatable bonds is 2. The van der Waals surface area contributed by atoms with Crippen molar-refractivity contribution in [2.75, 3.05) is 15.5 Å². The molecule has 6 N–H and O–H groups in total. The second-order valence-corrected chi connectivity index (χ2v) is 6.93. The number of aromatic amines is 1. The molecule has 3 rings (SSSR count). The highest BCUT2D eigenvalue weighted by Gasteiger charge is 2.55. The molecule has 0 spiro atoms. The number of aromatic nitrogens is 2. The Kier molecular flexibility index (Phi) is 3.48. The quantitative estimate of drug-likeness (QED) is 0.297.